The van der Waals surface area contributed by atoms with E-state index in [9.17, 15) is 0 Å². The average molecular weight is 235 g/mol. The van der Waals surface area contributed by atoms with E-state index in [1.807, 2.05) is 12.1 Å². The van der Waals surface area contributed by atoms with Gasteiger partial charge in [0.25, 0.3) is 5.17 Å². The monoisotopic (exact) mass is 235 g/mol. The van der Waals surface area contributed by atoms with Gasteiger partial charge in [0, 0.05) is 12.6 Å². The number of nitrogens with one attached hydrogen (secondary N) is 1. The molecular weight excluding hydrogens is 218 g/mol. The molecule has 0 saturated heterocycles. The van der Waals surface area contributed by atoms with Crippen LogP contribution >= 0.6 is 12.2 Å². The molecule has 16 heavy (non-hydrogen) atoms. The third kappa shape index (κ3) is 3.66. The molecule has 0 fully saturated rings. The van der Waals surface area contributed by atoms with Crippen molar-refractivity contribution in [1.29, 1.82) is 0 Å². The van der Waals surface area contributed by atoms with Gasteiger partial charge in [-0.1, -0.05) is 44.2 Å². The highest BCUT2D eigenvalue weighted by molar-refractivity contribution is 7.80. The quantitative estimate of drug-likeness (QED) is 0.640. The summed E-state index contributed by atoms with van der Waals surface area (Å²) in [6.07, 6.45) is 2.25. The number of ether oxygens (including phenoxy) is 1. The average Bonchev–Trinajstić information content (AvgIpc) is 2.30. The molecule has 0 aliphatic carbocycles. The second-order valence-corrected chi connectivity index (χ2v) is 3.88. The van der Waals surface area contributed by atoms with Crippen LogP contribution in [-0.2, 0) is 11.2 Å². The molecule has 0 amide bonds. The summed E-state index contributed by atoms with van der Waals surface area (Å²) in [7, 11) is 1.72. The Morgan fingerprint density at radius 2 is 2.00 bits per heavy atom. The summed E-state index contributed by atoms with van der Waals surface area (Å²) in [5, 5.41) is 3.08. The SMILES string of the molecule is C=C(OC(=S)NC)c1ccc(CCC)cc1. The van der Waals surface area contributed by atoms with Gasteiger partial charge in [-0.15, -0.1) is 0 Å². The zero-order chi connectivity index (χ0) is 12.0. The van der Waals surface area contributed by atoms with Crippen LogP contribution in [0.25, 0.3) is 5.76 Å². The van der Waals surface area contributed by atoms with Crippen LogP contribution in [0.3, 0.4) is 0 Å². The summed E-state index contributed by atoms with van der Waals surface area (Å²) in [6.45, 7) is 6.01. The molecule has 0 aliphatic heterocycles. The normalized spacial score (nSPS) is 9.62. The van der Waals surface area contributed by atoms with Crippen LogP contribution in [0, 0.1) is 0 Å². The minimum absolute atomic E-state index is 0.336. The van der Waals surface area contributed by atoms with Crippen molar-refractivity contribution in [3.05, 3.63) is 42.0 Å². The molecule has 1 aromatic carbocycles. The van der Waals surface area contributed by atoms with Crippen molar-refractivity contribution in [3.63, 3.8) is 0 Å². The fraction of sp³-hybridized carbons (Fsp3) is 0.308. The number of hydrogen-bond donors (Lipinski definition) is 1. The minimum Gasteiger partial charge on any atom is -0.432 e. The molecule has 1 aromatic rings. The third-order valence-electron chi connectivity index (χ3n) is 2.23. The second-order valence-electron chi connectivity index (χ2n) is 3.51. The topological polar surface area (TPSA) is 21.3 Å². The van der Waals surface area contributed by atoms with Gasteiger partial charge in [0.15, 0.2) is 0 Å². The van der Waals surface area contributed by atoms with Crippen molar-refractivity contribution in [1.82, 2.24) is 5.32 Å². The molecule has 0 saturated carbocycles. The number of rotatable bonds is 4. The zero-order valence-electron chi connectivity index (χ0n) is 9.75. The van der Waals surface area contributed by atoms with Gasteiger partial charge in [0.1, 0.15) is 5.76 Å². The number of hydrogen-bond acceptors (Lipinski definition) is 2. The summed E-state index contributed by atoms with van der Waals surface area (Å²) in [5.41, 5.74) is 2.28. The van der Waals surface area contributed by atoms with Crippen LogP contribution in [0.1, 0.15) is 24.5 Å². The summed E-state index contributed by atoms with van der Waals surface area (Å²) >= 11 is 4.90. The Bertz CT molecular complexity index is 370. The molecule has 1 rings (SSSR count). The summed E-state index contributed by atoms with van der Waals surface area (Å²) < 4.78 is 5.31. The molecule has 0 bridgehead atoms. The van der Waals surface area contributed by atoms with Crippen LogP contribution in [0.5, 0.6) is 0 Å². The predicted octanol–water partition coefficient (Wildman–Crippen LogP) is 3.13. The fourth-order valence-electron chi connectivity index (χ4n) is 1.37. The Hall–Kier alpha value is -1.35. The number of benzene rings is 1. The fourth-order valence-corrected chi connectivity index (χ4v) is 1.47. The highest BCUT2D eigenvalue weighted by Gasteiger charge is 2.02. The Morgan fingerprint density at radius 1 is 1.38 bits per heavy atom. The molecular formula is C13H17NOS. The molecule has 1 N–H and O–H groups in total. The molecule has 0 heterocycles. The predicted molar refractivity (Wildman–Crippen MR) is 72.2 cm³/mol. The maximum absolute atomic E-state index is 5.31. The van der Waals surface area contributed by atoms with Crippen molar-refractivity contribution in [2.75, 3.05) is 7.05 Å². The molecule has 3 heteroatoms. The number of thiocarbonyl (C=S) groups is 1. The first kappa shape index (κ1) is 12.7. The van der Waals surface area contributed by atoms with Gasteiger partial charge in [-0.05, 0) is 24.2 Å². The molecule has 0 atom stereocenters. The van der Waals surface area contributed by atoms with Gasteiger partial charge < -0.3 is 10.1 Å². The van der Waals surface area contributed by atoms with Crippen molar-refractivity contribution >= 4 is 23.2 Å². The van der Waals surface area contributed by atoms with E-state index in [0.29, 0.717) is 10.9 Å². The van der Waals surface area contributed by atoms with E-state index in [4.69, 9.17) is 17.0 Å². The third-order valence-corrected chi connectivity index (χ3v) is 2.52. The largest absolute Gasteiger partial charge is 0.432 e. The van der Waals surface area contributed by atoms with Crippen LogP contribution in [0.4, 0.5) is 0 Å². The first-order chi connectivity index (χ1) is 7.67. The van der Waals surface area contributed by atoms with Gasteiger partial charge in [0.2, 0.25) is 0 Å². The summed E-state index contributed by atoms with van der Waals surface area (Å²) in [5.74, 6) is 0.572. The Morgan fingerprint density at radius 3 is 2.50 bits per heavy atom. The van der Waals surface area contributed by atoms with Gasteiger partial charge in [0.05, 0.1) is 0 Å². The number of aryl methyl sites for hydroxylation is 1. The van der Waals surface area contributed by atoms with Crippen molar-refractivity contribution < 1.29 is 4.74 Å². The van der Waals surface area contributed by atoms with Gasteiger partial charge in [-0.3, -0.25) is 0 Å². The maximum Gasteiger partial charge on any atom is 0.261 e. The van der Waals surface area contributed by atoms with E-state index >= 15 is 0 Å². The molecule has 0 unspecified atom stereocenters. The first-order valence-electron chi connectivity index (χ1n) is 5.35. The molecule has 86 valence electrons. The highest BCUT2D eigenvalue weighted by Crippen LogP contribution is 2.15. The second kappa shape index (κ2) is 6.28. The van der Waals surface area contributed by atoms with Crippen molar-refractivity contribution in [2.45, 2.75) is 19.8 Å². The van der Waals surface area contributed by atoms with Crippen molar-refractivity contribution in [3.8, 4) is 0 Å². The lowest BCUT2D eigenvalue weighted by Crippen LogP contribution is -2.17. The first-order valence-corrected chi connectivity index (χ1v) is 5.76. The summed E-state index contributed by atoms with van der Waals surface area (Å²) in [6, 6.07) is 8.20. The van der Waals surface area contributed by atoms with E-state index < -0.39 is 0 Å². The molecule has 2 nitrogen and oxygen atoms in total. The van der Waals surface area contributed by atoms with Gasteiger partial charge in [-0.25, -0.2) is 0 Å². The van der Waals surface area contributed by atoms with E-state index in [2.05, 4.69) is 31.0 Å². The van der Waals surface area contributed by atoms with E-state index in [-0.39, 0.29) is 0 Å². The van der Waals surface area contributed by atoms with E-state index in [0.717, 1.165) is 18.4 Å². The Kier molecular flexibility index (Phi) is 4.99. The van der Waals surface area contributed by atoms with Crippen LogP contribution in [-0.4, -0.2) is 12.2 Å². The smallest absolute Gasteiger partial charge is 0.261 e. The van der Waals surface area contributed by atoms with Gasteiger partial charge in [-0.2, -0.15) is 0 Å². The summed E-state index contributed by atoms with van der Waals surface area (Å²) in [4.78, 5) is 0. The van der Waals surface area contributed by atoms with Crippen molar-refractivity contribution in [2.24, 2.45) is 0 Å². The van der Waals surface area contributed by atoms with Crippen LogP contribution < -0.4 is 5.32 Å². The lowest BCUT2D eigenvalue weighted by Gasteiger charge is -2.09. The van der Waals surface area contributed by atoms with Gasteiger partial charge >= 0.3 is 0 Å². The van der Waals surface area contributed by atoms with Crippen LogP contribution in [0.2, 0.25) is 0 Å². The standard InChI is InChI=1S/C13H17NOS/c1-4-5-11-6-8-12(9-7-11)10(2)15-13(16)14-3/h6-9H,2,4-5H2,1,3H3,(H,14,16). The molecule has 0 aliphatic rings. The lowest BCUT2D eigenvalue weighted by atomic mass is 10.1. The Balaban J connectivity index is 2.66. The molecule has 0 aromatic heterocycles. The minimum atomic E-state index is 0.336. The molecule has 0 radical (unpaired) electrons. The van der Waals surface area contributed by atoms with Crippen LogP contribution in [0.15, 0.2) is 30.8 Å². The highest BCUT2D eigenvalue weighted by atomic mass is 32.1. The molecule has 0 spiro atoms. The van der Waals surface area contributed by atoms with E-state index in [1.54, 1.807) is 7.05 Å². The lowest BCUT2D eigenvalue weighted by molar-refractivity contribution is 0.501. The van der Waals surface area contributed by atoms with E-state index in [1.165, 1.54) is 5.56 Å². The maximum atomic E-state index is 5.31. The zero-order valence-corrected chi connectivity index (χ0v) is 10.6. The Labute approximate surface area is 102 Å².